The van der Waals surface area contributed by atoms with Crippen molar-refractivity contribution in [3.05, 3.63) is 108 Å². The molecule has 1 aliphatic heterocycles. The van der Waals surface area contributed by atoms with E-state index in [1.165, 1.54) is 11.1 Å². The van der Waals surface area contributed by atoms with E-state index in [4.69, 9.17) is 4.74 Å². The molecule has 2 aromatic carbocycles. The van der Waals surface area contributed by atoms with Gasteiger partial charge in [-0.2, -0.15) is 0 Å². The minimum absolute atomic E-state index is 0.0924. The second kappa shape index (κ2) is 16.8. The van der Waals surface area contributed by atoms with Crippen LogP contribution >= 0.6 is 0 Å². The van der Waals surface area contributed by atoms with Crippen LogP contribution in [0, 0.1) is 0 Å². The van der Waals surface area contributed by atoms with Crippen molar-refractivity contribution >= 4 is 5.91 Å². The number of rotatable bonds is 14. The predicted octanol–water partition coefficient (Wildman–Crippen LogP) is 6.55. The van der Waals surface area contributed by atoms with E-state index in [0.29, 0.717) is 30.3 Å². The number of carbonyl (C=O) groups is 1. The summed E-state index contributed by atoms with van der Waals surface area (Å²) in [4.78, 5) is 17.7. The molecule has 2 aromatic rings. The van der Waals surface area contributed by atoms with Crippen LogP contribution in [0.3, 0.4) is 0 Å². The normalized spacial score (nSPS) is 15.8. The SMILES string of the molecule is C\C=C/C=C\C(=C\C(=O)NCCN(C(C)C)C(C)C)OC1CCN(CC(c2ccccc2)c2ccccc2)CC1. The number of hydrogen-bond donors (Lipinski definition) is 1. The second-order valence-corrected chi connectivity index (χ2v) is 11.1. The number of nitrogens with zero attached hydrogens (tertiary/aromatic N) is 2. The van der Waals surface area contributed by atoms with Crippen LogP contribution in [0.1, 0.15) is 64.5 Å². The lowest BCUT2D eigenvalue weighted by molar-refractivity contribution is -0.116. The van der Waals surface area contributed by atoms with E-state index in [1.54, 1.807) is 6.08 Å². The summed E-state index contributed by atoms with van der Waals surface area (Å²) in [6.07, 6.45) is 11.3. The van der Waals surface area contributed by atoms with Gasteiger partial charge in [0.15, 0.2) is 0 Å². The van der Waals surface area contributed by atoms with Gasteiger partial charge in [0.2, 0.25) is 5.91 Å². The third kappa shape index (κ3) is 10.4. The van der Waals surface area contributed by atoms with E-state index in [9.17, 15) is 4.79 Å². The molecule has 40 heavy (non-hydrogen) atoms. The van der Waals surface area contributed by atoms with Crippen LogP contribution in [0.2, 0.25) is 0 Å². The van der Waals surface area contributed by atoms with E-state index in [0.717, 1.165) is 39.0 Å². The molecule has 1 saturated heterocycles. The Hall–Kier alpha value is -3.15. The van der Waals surface area contributed by atoms with Crippen LogP contribution in [0.4, 0.5) is 0 Å². The Labute approximate surface area is 242 Å². The van der Waals surface area contributed by atoms with Crippen LogP contribution in [-0.2, 0) is 9.53 Å². The van der Waals surface area contributed by atoms with Crippen molar-refractivity contribution in [1.82, 2.24) is 15.1 Å². The molecule has 5 nitrogen and oxygen atoms in total. The molecule has 1 heterocycles. The fourth-order valence-corrected chi connectivity index (χ4v) is 5.42. The highest BCUT2D eigenvalue weighted by Gasteiger charge is 2.25. The monoisotopic (exact) mass is 543 g/mol. The maximum Gasteiger partial charge on any atom is 0.247 e. The van der Waals surface area contributed by atoms with Gasteiger partial charge in [0, 0.05) is 56.8 Å². The number of piperidine rings is 1. The van der Waals surface area contributed by atoms with Gasteiger partial charge < -0.3 is 15.0 Å². The van der Waals surface area contributed by atoms with Crippen LogP contribution in [-0.4, -0.2) is 66.6 Å². The molecule has 1 aliphatic rings. The van der Waals surface area contributed by atoms with Gasteiger partial charge in [-0.05, 0) is 64.7 Å². The standard InChI is InChI=1S/C35H49N3O2/c1-6-7-10-19-33(26-35(39)36-22-25-38(28(2)3)29(4)5)40-32-20-23-37(24-21-32)27-34(30-15-11-8-12-16-30)31-17-13-9-14-18-31/h6-19,26,28-29,32,34H,20-25,27H2,1-5H3,(H,36,39)/b7-6-,19-10-,33-26-. The summed E-state index contributed by atoms with van der Waals surface area (Å²) in [6, 6.07) is 22.5. The maximum atomic E-state index is 12.7. The van der Waals surface area contributed by atoms with E-state index in [1.807, 2.05) is 31.2 Å². The Balaban J connectivity index is 1.57. The fraction of sp³-hybridized carbons (Fsp3) is 0.457. The minimum Gasteiger partial charge on any atom is -0.490 e. The van der Waals surface area contributed by atoms with Gasteiger partial charge in [-0.3, -0.25) is 9.69 Å². The Kier molecular flexibility index (Phi) is 13.2. The molecule has 5 heteroatoms. The van der Waals surface area contributed by atoms with E-state index in [-0.39, 0.29) is 12.0 Å². The molecule has 216 valence electrons. The minimum atomic E-state index is -0.112. The molecule has 1 N–H and O–H groups in total. The molecule has 0 aromatic heterocycles. The zero-order valence-corrected chi connectivity index (χ0v) is 25.1. The summed E-state index contributed by atoms with van der Waals surface area (Å²) >= 11 is 0. The molecule has 0 spiro atoms. The second-order valence-electron chi connectivity index (χ2n) is 11.1. The Morgan fingerprint density at radius 2 is 1.52 bits per heavy atom. The summed E-state index contributed by atoms with van der Waals surface area (Å²) < 4.78 is 6.38. The Morgan fingerprint density at radius 1 is 0.950 bits per heavy atom. The van der Waals surface area contributed by atoms with Crippen molar-refractivity contribution in [3.63, 3.8) is 0 Å². The summed E-state index contributed by atoms with van der Waals surface area (Å²) in [5.41, 5.74) is 2.70. The third-order valence-electron chi connectivity index (χ3n) is 7.52. The summed E-state index contributed by atoms with van der Waals surface area (Å²) in [6.45, 7) is 15.1. The van der Waals surface area contributed by atoms with Crippen LogP contribution in [0.5, 0.6) is 0 Å². The highest BCUT2D eigenvalue weighted by atomic mass is 16.5. The highest BCUT2D eigenvalue weighted by Crippen LogP contribution is 2.27. The molecule has 1 amide bonds. The molecule has 0 radical (unpaired) electrons. The van der Waals surface area contributed by atoms with Crippen molar-refractivity contribution in [3.8, 4) is 0 Å². The maximum absolute atomic E-state index is 12.7. The molecular formula is C35H49N3O2. The van der Waals surface area contributed by atoms with Gasteiger partial charge in [0.05, 0.1) is 0 Å². The average Bonchev–Trinajstić information content (AvgIpc) is 2.95. The quantitative estimate of drug-likeness (QED) is 0.167. The molecule has 0 saturated carbocycles. The van der Waals surface area contributed by atoms with Gasteiger partial charge in [0.25, 0.3) is 0 Å². The number of ether oxygens (including phenoxy) is 1. The topological polar surface area (TPSA) is 44.8 Å². The van der Waals surface area contributed by atoms with Crippen molar-refractivity contribution in [2.24, 2.45) is 0 Å². The number of benzene rings is 2. The van der Waals surface area contributed by atoms with Gasteiger partial charge in [-0.1, -0.05) is 78.9 Å². The average molecular weight is 544 g/mol. The molecule has 0 aliphatic carbocycles. The lowest BCUT2D eigenvalue weighted by Gasteiger charge is -2.35. The Morgan fingerprint density at radius 3 is 2.05 bits per heavy atom. The lowest BCUT2D eigenvalue weighted by Crippen LogP contribution is -2.42. The van der Waals surface area contributed by atoms with Crippen molar-refractivity contribution < 1.29 is 9.53 Å². The van der Waals surface area contributed by atoms with E-state index >= 15 is 0 Å². The molecule has 0 unspecified atom stereocenters. The summed E-state index contributed by atoms with van der Waals surface area (Å²) in [5, 5.41) is 3.04. The van der Waals surface area contributed by atoms with Crippen molar-refractivity contribution in [1.29, 1.82) is 0 Å². The molecule has 3 rings (SSSR count). The zero-order valence-electron chi connectivity index (χ0n) is 25.1. The van der Waals surface area contributed by atoms with Gasteiger partial charge in [-0.15, -0.1) is 0 Å². The molecule has 0 atom stereocenters. The first-order chi connectivity index (χ1) is 19.4. The zero-order chi connectivity index (χ0) is 28.7. The first kappa shape index (κ1) is 31.4. The van der Waals surface area contributed by atoms with Crippen LogP contribution in [0.15, 0.2) is 96.8 Å². The Bertz CT molecular complexity index is 1040. The molecule has 0 bridgehead atoms. The van der Waals surface area contributed by atoms with Crippen molar-refractivity contribution in [2.45, 2.75) is 71.6 Å². The summed E-state index contributed by atoms with van der Waals surface area (Å²) in [7, 11) is 0. The number of carbonyl (C=O) groups excluding carboxylic acids is 1. The molecule has 1 fully saturated rings. The van der Waals surface area contributed by atoms with Crippen LogP contribution in [0.25, 0.3) is 0 Å². The highest BCUT2D eigenvalue weighted by molar-refractivity contribution is 5.88. The van der Waals surface area contributed by atoms with Crippen LogP contribution < -0.4 is 5.32 Å². The first-order valence-corrected chi connectivity index (χ1v) is 14.9. The predicted molar refractivity (Wildman–Crippen MR) is 167 cm³/mol. The number of hydrogen-bond acceptors (Lipinski definition) is 4. The number of likely N-dealkylation sites (tertiary alicyclic amines) is 1. The lowest BCUT2D eigenvalue weighted by atomic mass is 9.90. The number of nitrogens with one attached hydrogen (secondary N) is 1. The fourth-order valence-electron chi connectivity index (χ4n) is 5.42. The van der Waals surface area contributed by atoms with Gasteiger partial charge >= 0.3 is 0 Å². The number of amides is 1. The van der Waals surface area contributed by atoms with E-state index < -0.39 is 0 Å². The van der Waals surface area contributed by atoms with Crippen molar-refractivity contribution in [2.75, 3.05) is 32.7 Å². The first-order valence-electron chi connectivity index (χ1n) is 14.9. The summed E-state index contributed by atoms with van der Waals surface area (Å²) in [5.74, 6) is 0.841. The van der Waals surface area contributed by atoms with E-state index in [2.05, 4.69) is 103 Å². The smallest absolute Gasteiger partial charge is 0.247 e. The number of allylic oxidation sites excluding steroid dienone is 4. The largest absolute Gasteiger partial charge is 0.490 e. The van der Waals surface area contributed by atoms with Gasteiger partial charge in [0.1, 0.15) is 11.9 Å². The molecular weight excluding hydrogens is 494 g/mol. The third-order valence-corrected chi connectivity index (χ3v) is 7.52. The van der Waals surface area contributed by atoms with Gasteiger partial charge in [-0.25, -0.2) is 0 Å².